The zero-order valence-electron chi connectivity index (χ0n) is 11.3. The molecule has 2 aliphatic rings. The highest BCUT2D eigenvalue weighted by molar-refractivity contribution is 9.10. The molecule has 2 aliphatic heterocycles. The summed E-state index contributed by atoms with van der Waals surface area (Å²) >= 11 is 3.56. The van der Waals surface area contributed by atoms with Crippen LogP contribution in [-0.2, 0) is 6.54 Å². The Labute approximate surface area is 123 Å². The van der Waals surface area contributed by atoms with Crippen LogP contribution in [0, 0.1) is 0 Å². The lowest BCUT2D eigenvalue weighted by molar-refractivity contribution is 0.120. The van der Waals surface area contributed by atoms with Crippen molar-refractivity contribution in [1.29, 1.82) is 0 Å². The van der Waals surface area contributed by atoms with Gasteiger partial charge in [-0.3, -0.25) is 4.90 Å². The van der Waals surface area contributed by atoms with Gasteiger partial charge in [-0.05, 0) is 59.3 Å². The Hall–Kier alpha value is -0.580. The van der Waals surface area contributed by atoms with E-state index >= 15 is 0 Å². The van der Waals surface area contributed by atoms with E-state index in [0.29, 0.717) is 18.1 Å². The Bertz CT molecular complexity index is 451. The third-order valence-corrected chi connectivity index (χ3v) is 5.12. The van der Waals surface area contributed by atoms with E-state index in [1.807, 2.05) is 6.07 Å². The second kappa shape index (κ2) is 5.43. The molecule has 0 amide bonds. The van der Waals surface area contributed by atoms with E-state index in [1.54, 1.807) is 7.11 Å². The van der Waals surface area contributed by atoms with Crippen LogP contribution in [0.25, 0.3) is 0 Å². The maximum absolute atomic E-state index is 6.12. The monoisotopic (exact) mass is 324 g/mol. The van der Waals surface area contributed by atoms with Gasteiger partial charge in [0.2, 0.25) is 0 Å². The first kappa shape index (κ1) is 13.4. The predicted molar refractivity (Wildman–Crippen MR) is 80.3 cm³/mol. The first-order chi connectivity index (χ1) is 9.17. The molecule has 2 bridgehead atoms. The van der Waals surface area contributed by atoms with Crippen LogP contribution in [0.1, 0.15) is 31.2 Å². The minimum absolute atomic E-state index is 0.413. The van der Waals surface area contributed by atoms with Crippen LogP contribution in [0.15, 0.2) is 22.7 Å². The lowest BCUT2D eigenvalue weighted by Gasteiger charge is -2.37. The largest absolute Gasteiger partial charge is 0.496 e. The van der Waals surface area contributed by atoms with E-state index in [2.05, 4.69) is 33.0 Å². The number of piperidine rings is 1. The highest BCUT2D eigenvalue weighted by atomic mass is 79.9. The number of ether oxygens (including phenoxy) is 1. The van der Waals surface area contributed by atoms with E-state index in [4.69, 9.17) is 10.5 Å². The summed E-state index contributed by atoms with van der Waals surface area (Å²) in [5, 5.41) is 0. The molecule has 2 atom stereocenters. The van der Waals surface area contributed by atoms with E-state index in [0.717, 1.165) is 29.6 Å². The van der Waals surface area contributed by atoms with Crippen LogP contribution >= 0.6 is 15.9 Å². The number of nitrogens with two attached hydrogens (primary N) is 1. The van der Waals surface area contributed by atoms with Gasteiger partial charge in [0, 0.05) is 24.7 Å². The molecule has 2 unspecified atom stereocenters. The summed E-state index contributed by atoms with van der Waals surface area (Å²) in [4.78, 5) is 2.65. The molecule has 0 spiro atoms. The van der Waals surface area contributed by atoms with Gasteiger partial charge in [0.25, 0.3) is 0 Å². The maximum Gasteiger partial charge on any atom is 0.133 e. The predicted octanol–water partition coefficient (Wildman–Crippen LogP) is 2.91. The standard InChI is InChI=1S/C15H21BrN2O/c1-19-15-5-2-10(6-14(15)16)9-18-12-3-4-13(18)8-11(17)7-12/h2,5-6,11-13H,3-4,7-9,17H2,1H3. The van der Waals surface area contributed by atoms with Crippen LogP contribution < -0.4 is 10.5 Å². The molecular formula is C15H21BrN2O. The molecule has 2 fully saturated rings. The van der Waals surface area contributed by atoms with E-state index in [-0.39, 0.29) is 0 Å². The van der Waals surface area contributed by atoms with Gasteiger partial charge in [-0.2, -0.15) is 0 Å². The molecule has 0 radical (unpaired) electrons. The van der Waals surface area contributed by atoms with Crippen molar-refractivity contribution in [2.75, 3.05) is 7.11 Å². The number of rotatable bonds is 3. The van der Waals surface area contributed by atoms with Crippen LogP contribution in [0.3, 0.4) is 0 Å². The number of methoxy groups -OCH3 is 1. The third kappa shape index (κ3) is 2.67. The van der Waals surface area contributed by atoms with Gasteiger partial charge >= 0.3 is 0 Å². The molecule has 1 aromatic rings. The number of hydrogen-bond donors (Lipinski definition) is 1. The van der Waals surface area contributed by atoms with Crippen LogP contribution in [0.4, 0.5) is 0 Å². The minimum atomic E-state index is 0.413. The zero-order chi connectivity index (χ0) is 13.4. The Morgan fingerprint density at radius 3 is 2.58 bits per heavy atom. The van der Waals surface area contributed by atoms with Crippen molar-refractivity contribution in [3.05, 3.63) is 28.2 Å². The summed E-state index contributed by atoms with van der Waals surface area (Å²) in [7, 11) is 1.70. The van der Waals surface area contributed by atoms with Crippen molar-refractivity contribution >= 4 is 15.9 Å². The lowest BCUT2D eigenvalue weighted by Crippen LogP contribution is -2.46. The van der Waals surface area contributed by atoms with Gasteiger partial charge in [0.05, 0.1) is 11.6 Å². The van der Waals surface area contributed by atoms with E-state index in [1.165, 1.54) is 18.4 Å². The molecule has 3 rings (SSSR count). The Morgan fingerprint density at radius 1 is 1.32 bits per heavy atom. The molecule has 2 N–H and O–H groups in total. The molecule has 0 aromatic heterocycles. The maximum atomic E-state index is 6.12. The SMILES string of the molecule is COc1ccc(CN2C3CCC2CC(N)C3)cc1Br. The molecule has 19 heavy (non-hydrogen) atoms. The van der Waals surface area contributed by atoms with Gasteiger partial charge in [-0.25, -0.2) is 0 Å². The minimum Gasteiger partial charge on any atom is -0.496 e. The second-order valence-corrected chi connectivity index (χ2v) is 6.61. The molecule has 3 nitrogen and oxygen atoms in total. The summed E-state index contributed by atoms with van der Waals surface area (Å²) < 4.78 is 6.32. The number of fused-ring (bicyclic) bond motifs is 2. The van der Waals surface area contributed by atoms with E-state index < -0.39 is 0 Å². The smallest absolute Gasteiger partial charge is 0.133 e. The third-order valence-electron chi connectivity index (χ3n) is 4.50. The van der Waals surface area contributed by atoms with Crippen LogP contribution in [-0.4, -0.2) is 30.1 Å². The fraction of sp³-hybridized carbons (Fsp3) is 0.600. The van der Waals surface area contributed by atoms with Crippen LogP contribution in [0.2, 0.25) is 0 Å². The average Bonchev–Trinajstić information content (AvgIpc) is 2.62. The normalized spacial score (nSPS) is 30.6. The Morgan fingerprint density at radius 2 is 2.00 bits per heavy atom. The van der Waals surface area contributed by atoms with Gasteiger partial charge in [-0.1, -0.05) is 6.07 Å². The number of halogens is 1. The van der Waals surface area contributed by atoms with Gasteiger partial charge < -0.3 is 10.5 Å². The molecule has 2 saturated heterocycles. The molecule has 1 aromatic carbocycles. The van der Waals surface area contributed by atoms with Crippen molar-refractivity contribution < 1.29 is 4.74 Å². The first-order valence-corrected chi connectivity index (χ1v) is 7.80. The second-order valence-electron chi connectivity index (χ2n) is 5.76. The number of nitrogens with zero attached hydrogens (tertiary/aromatic N) is 1. The summed E-state index contributed by atoms with van der Waals surface area (Å²) in [5.74, 6) is 0.896. The topological polar surface area (TPSA) is 38.5 Å². The molecule has 104 valence electrons. The zero-order valence-corrected chi connectivity index (χ0v) is 12.9. The summed E-state index contributed by atoms with van der Waals surface area (Å²) in [6.07, 6.45) is 4.95. The van der Waals surface area contributed by atoms with Crippen molar-refractivity contribution in [2.45, 2.75) is 50.4 Å². The van der Waals surface area contributed by atoms with Crippen molar-refractivity contribution in [1.82, 2.24) is 4.90 Å². The van der Waals surface area contributed by atoms with Crippen molar-refractivity contribution in [2.24, 2.45) is 5.73 Å². The molecule has 0 saturated carbocycles. The molecular weight excluding hydrogens is 304 g/mol. The average molecular weight is 325 g/mol. The number of hydrogen-bond acceptors (Lipinski definition) is 3. The fourth-order valence-corrected chi connectivity index (χ4v) is 4.18. The Balaban J connectivity index is 1.73. The Kier molecular flexibility index (Phi) is 3.83. The highest BCUT2D eigenvalue weighted by Gasteiger charge is 2.39. The quantitative estimate of drug-likeness (QED) is 0.929. The first-order valence-electron chi connectivity index (χ1n) is 7.01. The summed E-state index contributed by atoms with van der Waals surface area (Å²) in [6.45, 7) is 1.03. The van der Waals surface area contributed by atoms with Crippen LogP contribution in [0.5, 0.6) is 5.75 Å². The van der Waals surface area contributed by atoms with Crippen molar-refractivity contribution in [3.63, 3.8) is 0 Å². The highest BCUT2D eigenvalue weighted by Crippen LogP contribution is 2.36. The van der Waals surface area contributed by atoms with E-state index in [9.17, 15) is 0 Å². The molecule has 0 aliphatic carbocycles. The fourth-order valence-electron chi connectivity index (χ4n) is 3.59. The van der Waals surface area contributed by atoms with Gasteiger partial charge in [0.15, 0.2) is 0 Å². The molecule has 4 heteroatoms. The van der Waals surface area contributed by atoms with Crippen molar-refractivity contribution in [3.8, 4) is 5.75 Å². The summed E-state index contributed by atoms with van der Waals surface area (Å²) in [5.41, 5.74) is 7.47. The summed E-state index contributed by atoms with van der Waals surface area (Å²) in [6, 6.07) is 8.17. The van der Waals surface area contributed by atoms with Gasteiger partial charge in [0.1, 0.15) is 5.75 Å². The number of benzene rings is 1. The lowest BCUT2D eigenvalue weighted by atomic mass is 9.97. The van der Waals surface area contributed by atoms with Gasteiger partial charge in [-0.15, -0.1) is 0 Å². The molecule has 2 heterocycles.